The molecule has 2 saturated heterocycles. The monoisotopic (exact) mass is 370 g/mol. The molecule has 1 aromatic carbocycles. The van der Waals surface area contributed by atoms with Crippen molar-refractivity contribution in [2.75, 3.05) is 33.4 Å². The van der Waals surface area contributed by atoms with Gasteiger partial charge in [0.05, 0.1) is 25.2 Å². The van der Waals surface area contributed by atoms with Gasteiger partial charge in [0.15, 0.2) is 0 Å². The van der Waals surface area contributed by atoms with Crippen LogP contribution < -0.4 is 0 Å². The van der Waals surface area contributed by atoms with Gasteiger partial charge in [0.25, 0.3) is 0 Å². The van der Waals surface area contributed by atoms with Gasteiger partial charge in [-0.2, -0.15) is 0 Å². The van der Waals surface area contributed by atoms with Gasteiger partial charge in [-0.3, -0.25) is 9.59 Å². The molecule has 3 atom stereocenters. The Kier molecular flexibility index (Phi) is 5.83. The highest BCUT2D eigenvalue weighted by Crippen LogP contribution is 2.42. The van der Waals surface area contributed by atoms with Gasteiger partial charge in [0, 0.05) is 31.1 Å². The summed E-state index contributed by atoms with van der Waals surface area (Å²) in [6, 6.07) is 7.61. The minimum atomic E-state index is -0.241. The highest BCUT2D eigenvalue weighted by molar-refractivity contribution is 5.88. The molecule has 0 radical (unpaired) electrons. The number of rotatable bonds is 4. The van der Waals surface area contributed by atoms with E-state index < -0.39 is 0 Å². The number of benzene rings is 1. The third-order valence-electron chi connectivity index (χ3n) is 5.17. The van der Waals surface area contributed by atoms with Crippen molar-refractivity contribution in [2.24, 2.45) is 5.92 Å². The molecular formula is C21H26N2O4. The molecule has 1 aromatic rings. The van der Waals surface area contributed by atoms with Crippen molar-refractivity contribution in [3.63, 3.8) is 0 Å². The number of fused-ring (bicyclic) bond motifs is 1. The molecule has 144 valence electrons. The van der Waals surface area contributed by atoms with Crippen molar-refractivity contribution in [3.8, 4) is 11.8 Å². The topological polar surface area (TPSA) is 70.1 Å². The smallest absolute Gasteiger partial charge is 0.249 e. The summed E-state index contributed by atoms with van der Waals surface area (Å²) in [6.45, 7) is 4.49. The Morgan fingerprint density at radius 2 is 2.04 bits per heavy atom. The summed E-state index contributed by atoms with van der Waals surface area (Å²) in [5, 5.41) is 9.82. The zero-order valence-corrected chi connectivity index (χ0v) is 16.0. The first-order valence-electron chi connectivity index (χ1n) is 9.26. The minimum absolute atomic E-state index is 0.00389. The SMILES string of the molecule is COCC(=O)N1CC(=O)N2[C@H](CO)[C@H](c3ccc(C#CC(C)C)cc3)[C@H]2C1. The van der Waals surface area contributed by atoms with Crippen LogP contribution in [-0.2, 0) is 14.3 Å². The van der Waals surface area contributed by atoms with Gasteiger partial charge in [-0.15, -0.1) is 0 Å². The van der Waals surface area contributed by atoms with Crippen LogP contribution >= 0.6 is 0 Å². The lowest BCUT2D eigenvalue weighted by Gasteiger charge is -2.58. The van der Waals surface area contributed by atoms with Gasteiger partial charge in [-0.1, -0.05) is 37.8 Å². The second-order valence-electron chi connectivity index (χ2n) is 7.40. The molecule has 2 amide bonds. The van der Waals surface area contributed by atoms with E-state index in [0.717, 1.165) is 11.1 Å². The maximum absolute atomic E-state index is 12.5. The van der Waals surface area contributed by atoms with Crippen molar-refractivity contribution >= 4 is 11.8 Å². The molecule has 0 aliphatic carbocycles. The normalized spacial score (nSPS) is 24.2. The summed E-state index contributed by atoms with van der Waals surface area (Å²) in [6.07, 6.45) is 0. The first-order valence-corrected chi connectivity index (χ1v) is 9.26. The third-order valence-corrected chi connectivity index (χ3v) is 5.17. The molecule has 3 rings (SSSR count). The summed E-state index contributed by atoms with van der Waals surface area (Å²) in [4.78, 5) is 27.9. The molecule has 2 aliphatic heterocycles. The highest BCUT2D eigenvalue weighted by atomic mass is 16.5. The molecule has 27 heavy (non-hydrogen) atoms. The predicted octanol–water partition coefficient (Wildman–Crippen LogP) is 0.838. The van der Waals surface area contributed by atoms with Crippen LogP contribution in [0.1, 0.15) is 30.9 Å². The Hall–Kier alpha value is -2.36. The van der Waals surface area contributed by atoms with Crippen LogP contribution in [0.4, 0.5) is 0 Å². The molecular weight excluding hydrogens is 344 g/mol. The number of piperazine rings is 1. The molecule has 0 unspecified atom stereocenters. The van der Waals surface area contributed by atoms with E-state index in [-0.39, 0.29) is 49.6 Å². The average molecular weight is 370 g/mol. The number of carbonyl (C=O) groups is 2. The number of ether oxygens (including phenoxy) is 1. The molecule has 2 fully saturated rings. The molecule has 1 N–H and O–H groups in total. The number of hydrogen-bond donors (Lipinski definition) is 1. The van der Waals surface area contributed by atoms with Gasteiger partial charge in [0.1, 0.15) is 6.61 Å². The largest absolute Gasteiger partial charge is 0.394 e. The fourth-order valence-corrected chi connectivity index (χ4v) is 3.92. The average Bonchev–Trinajstić information content (AvgIpc) is 2.62. The van der Waals surface area contributed by atoms with E-state index in [0.29, 0.717) is 12.5 Å². The van der Waals surface area contributed by atoms with Gasteiger partial charge in [0.2, 0.25) is 11.8 Å². The molecule has 0 aromatic heterocycles. The van der Waals surface area contributed by atoms with Crippen LogP contribution in [-0.4, -0.2) is 72.2 Å². The lowest BCUT2D eigenvalue weighted by molar-refractivity contribution is -0.168. The molecule has 0 bridgehead atoms. The first-order chi connectivity index (χ1) is 13.0. The molecule has 0 saturated carbocycles. The van der Waals surface area contributed by atoms with Crippen LogP contribution in [0.15, 0.2) is 24.3 Å². The summed E-state index contributed by atoms with van der Waals surface area (Å²) in [7, 11) is 1.47. The van der Waals surface area contributed by atoms with Crippen molar-refractivity contribution in [1.82, 2.24) is 9.80 Å². The summed E-state index contributed by atoms with van der Waals surface area (Å²) >= 11 is 0. The molecule has 6 heteroatoms. The maximum atomic E-state index is 12.5. The van der Waals surface area contributed by atoms with E-state index in [1.54, 1.807) is 9.80 Å². The van der Waals surface area contributed by atoms with E-state index in [4.69, 9.17) is 4.74 Å². The summed E-state index contributed by atoms with van der Waals surface area (Å²) in [5.74, 6) is 6.29. The fourth-order valence-electron chi connectivity index (χ4n) is 3.92. The Bertz CT molecular complexity index is 763. The Balaban J connectivity index is 1.79. The number of nitrogens with zero attached hydrogens (tertiary/aromatic N) is 2. The number of aliphatic hydroxyl groups is 1. The Labute approximate surface area is 160 Å². The van der Waals surface area contributed by atoms with Crippen LogP contribution in [0, 0.1) is 17.8 Å². The van der Waals surface area contributed by atoms with Gasteiger partial charge < -0.3 is 19.6 Å². The van der Waals surface area contributed by atoms with Gasteiger partial charge in [-0.05, 0) is 17.7 Å². The van der Waals surface area contributed by atoms with E-state index in [2.05, 4.69) is 11.8 Å². The quantitative estimate of drug-likeness (QED) is 0.798. The maximum Gasteiger partial charge on any atom is 0.249 e. The summed E-state index contributed by atoms with van der Waals surface area (Å²) in [5.41, 5.74) is 2.00. The van der Waals surface area contributed by atoms with Gasteiger partial charge in [-0.25, -0.2) is 0 Å². The second-order valence-corrected chi connectivity index (χ2v) is 7.40. The third kappa shape index (κ3) is 3.85. The number of methoxy groups -OCH3 is 1. The Morgan fingerprint density at radius 1 is 1.33 bits per heavy atom. The van der Waals surface area contributed by atoms with E-state index >= 15 is 0 Å². The second kappa shape index (κ2) is 8.12. The zero-order chi connectivity index (χ0) is 19.6. The minimum Gasteiger partial charge on any atom is -0.394 e. The number of aliphatic hydroxyl groups excluding tert-OH is 1. The zero-order valence-electron chi connectivity index (χ0n) is 16.0. The molecule has 6 nitrogen and oxygen atoms in total. The van der Waals surface area contributed by atoms with Crippen LogP contribution in [0.5, 0.6) is 0 Å². The molecule has 0 spiro atoms. The van der Waals surface area contributed by atoms with Crippen LogP contribution in [0.2, 0.25) is 0 Å². The number of amides is 2. The van der Waals surface area contributed by atoms with Crippen LogP contribution in [0.25, 0.3) is 0 Å². The van der Waals surface area contributed by atoms with Crippen LogP contribution in [0.3, 0.4) is 0 Å². The lowest BCUT2D eigenvalue weighted by Crippen LogP contribution is -2.73. The van der Waals surface area contributed by atoms with Crippen molar-refractivity contribution in [3.05, 3.63) is 35.4 Å². The van der Waals surface area contributed by atoms with Crippen molar-refractivity contribution in [1.29, 1.82) is 0 Å². The van der Waals surface area contributed by atoms with E-state index in [1.807, 2.05) is 38.1 Å². The number of hydrogen-bond acceptors (Lipinski definition) is 4. The lowest BCUT2D eigenvalue weighted by atomic mass is 9.73. The first kappa shape index (κ1) is 19.4. The fraction of sp³-hybridized carbons (Fsp3) is 0.524. The van der Waals surface area contributed by atoms with Crippen molar-refractivity contribution in [2.45, 2.75) is 31.8 Å². The Morgan fingerprint density at radius 3 is 2.63 bits per heavy atom. The highest BCUT2D eigenvalue weighted by Gasteiger charge is 2.54. The summed E-state index contributed by atoms with van der Waals surface area (Å²) < 4.78 is 4.91. The van der Waals surface area contributed by atoms with E-state index in [9.17, 15) is 14.7 Å². The predicted molar refractivity (Wildman–Crippen MR) is 101 cm³/mol. The standard InChI is InChI=1S/C21H26N2O4/c1-14(2)4-5-15-6-8-16(9-7-15)21-17-10-22(20(26)13-27-3)11-19(25)23(17)18(21)12-24/h6-9,14,17-18,21,24H,10-13H2,1-3H3/t17-,18-,21-/m1/s1. The van der Waals surface area contributed by atoms with Crippen molar-refractivity contribution < 1.29 is 19.4 Å². The number of carbonyl (C=O) groups excluding carboxylic acids is 2. The molecule has 2 heterocycles. The van der Waals surface area contributed by atoms with E-state index in [1.165, 1.54) is 7.11 Å². The molecule has 2 aliphatic rings. The van der Waals surface area contributed by atoms with Gasteiger partial charge >= 0.3 is 0 Å².